The van der Waals surface area contributed by atoms with Crippen molar-refractivity contribution in [2.75, 3.05) is 0 Å². The molecular weight excluding hydrogens is 304 g/mol. The highest BCUT2D eigenvalue weighted by molar-refractivity contribution is 9.10. The quantitative estimate of drug-likeness (QED) is 0.910. The van der Waals surface area contributed by atoms with Gasteiger partial charge in [0.15, 0.2) is 0 Å². The summed E-state index contributed by atoms with van der Waals surface area (Å²) in [4.78, 5) is 0. The minimum atomic E-state index is -0.449. The SMILES string of the molecule is O[C@@H]1CC(Cc2ccccc2)Oc2ccc(Br)cc21. The molecule has 2 atom stereocenters. The van der Waals surface area contributed by atoms with E-state index >= 15 is 0 Å². The van der Waals surface area contributed by atoms with Crippen LogP contribution in [0.2, 0.25) is 0 Å². The summed E-state index contributed by atoms with van der Waals surface area (Å²) in [5.41, 5.74) is 2.11. The Balaban J connectivity index is 1.80. The molecule has 1 unspecified atom stereocenters. The Hall–Kier alpha value is -1.32. The third-order valence-electron chi connectivity index (χ3n) is 3.42. The zero-order valence-corrected chi connectivity index (χ0v) is 12.0. The van der Waals surface area contributed by atoms with E-state index in [1.54, 1.807) is 0 Å². The van der Waals surface area contributed by atoms with E-state index in [0.29, 0.717) is 6.42 Å². The van der Waals surface area contributed by atoms with E-state index in [9.17, 15) is 5.11 Å². The molecule has 1 aliphatic rings. The molecule has 2 aromatic carbocycles. The van der Waals surface area contributed by atoms with Gasteiger partial charge >= 0.3 is 0 Å². The molecule has 0 bridgehead atoms. The van der Waals surface area contributed by atoms with Crippen molar-refractivity contribution in [1.82, 2.24) is 0 Å². The largest absolute Gasteiger partial charge is 0.490 e. The van der Waals surface area contributed by atoms with E-state index in [0.717, 1.165) is 22.2 Å². The molecule has 19 heavy (non-hydrogen) atoms. The van der Waals surface area contributed by atoms with Crippen LogP contribution in [-0.4, -0.2) is 11.2 Å². The summed E-state index contributed by atoms with van der Waals surface area (Å²) >= 11 is 3.42. The smallest absolute Gasteiger partial charge is 0.125 e. The van der Waals surface area contributed by atoms with Crippen molar-refractivity contribution < 1.29 is 9.84 Å². The molecule has 0 fully saturated rings. The van der Waals surface area contributed by atoms with Gasteiger partial charge < -0.3 is 9.84 Å². The van der Waals surface area contributed by atoms with Gasteiger partial charge in [-0.1, -0.05) is 46.3 Å². The van der Waals surface area contributed by atoms with Gasteiger partial charge in [-0.05, 0) is 23.8 Å². The Kier molecular flexibility index (Phi) is 3.58. The molecule has 0 amide bonds. The van der Waals surface area contributed by atoms with Gasteiger partial charge in [-0.2, -0.15) is 0 Å². The third-order valence-corrected chi connectivity index (χ3v) is 3.91. The molecule has 1 heterocycles. The van der Waals surface area contributed by atoms with Crippen molar-refractivity contribution in [1.29, 1.82) is 0 Å². The van der Waals surface area contributed by atoms with Crippen LogP contribution in [0.15, 0.2) is 53.0 Å². The molecule has 0 saturated heterocycles. The van der Waals surface area contributed by atoms with Crippen LogP contribution in [0.4, 0.5) is 0 Å². The van der Waals surface area contributed by atoms with Gasteiger partial charge in [-0.25, -0.2) is 0 Å². The highest BCUT2D eigenvalue weighted by Gasteiger charge is 2.27. The third kappa shape index (κ3) is 2.82. The number of rotatable bonds is 2. The number of benzene rings is 2. The topological polar surface area (TPSA) is 29.5 Å². The Morgan fingerprint density at radius 3 is 2.74 bits per heavy atom. The number of hydrogen-bond donors (Lipinski definition) is 1. The first-order chi connectivity index (χ1) is 9.22. The normalized spacial score (nSPS) is 21.6. The minimum absolute atomic E-state index is 0.0334. The Morgan fingerprint density at radius 1 is 1.16 bits per heavy atom. The Labute approximate surface area is 121 Å². The first-order valence-electron chi connectivity index (χ1n) is 6.40. The lowest BCUT2D eigenvalue weighted by atomic mass is 9.95. The summed E-state index contributed by atoms with van der Waals surface area (Å²) in [6, 6.07) is 16.0. The van der Waals surface area contributed by atoms with E-state index in [-0.39, 0.29) is 6.10 Å². The fourth-order valence-electron chi connectivity index (χ4n) is 2.49. The molecule has 0 radical (unpaired) electrons. The van der Waals surface area contributed by atoms with E-state index in [1.807, 2.05) is 36.4 Å². The molecule has 1 aliphatic heterocycles. The van der Waals surface area contributed by atoms with Crippen molar-refractivity contribution in [2.24, 2.45) is 0 Å². The van der Waals surface area contributed by atoms with Crippen molar-refractivity contribution in [2.45, 2.75) is 25.0 Å². The van der Waals surface area contributed by atoms with Crippen LogP contribution in [-0.2, 0) is 6.42 Å². The van der Waals surface area contributed by atoms with E-state index in [1.165, 1.54) is 5.56 Å². The molecule has 0 saturated carbocycles. The highest BCUT2D eigenvalue weighted by Crippen LogP contribution is 2.37. The van der Waals surface area contributed by atoms with Crippen LogP contribution in [0.25, 0.3) is 0 Å². The number of ether oxygens (including phenoxy) is 1. The molecule has 0 spiro atoms. The Morgan fingerprint density at radius 2 is 1.95 bits per heavy atom. The van der Waals surface area contributed by atoms with Crippen molar-refractivity contribution in [3.05, 3.63) is 64.1 Å². The summed E-state index contributed by atoms with van der Waals surface area (Å²) in [7, 11) is 0. The maximum absolute atomic E-state index is 10.2. The predicted molar refractivity (Wildman–Crippen MR) is 78.3 cm³/mol. The molecule has 0 aromatic heterocycles. The van der Waals surface area contributed by atoms with Gasteiger partial charge in [-0.3, -0.25) is 0 Å². The second-order valence-corrected chi connectivity index (χ2v) is 5.78. The lowest BCUT2D eigenvalue weighted by Crippen LogP contribution is -2.27. The molecule has 98 valence electrons. The molecule has 2 aromatic rings. The summed E-state index contributed by atoms with van der Waals surface area (Å²) in [5, 5.41) is 10.2. The van der Waals surface area contributed by atoms with Gasteiger partial charge in [0.1, 0.15) is 11.9 Å². The highest BCUT2D eigenvalue weighted by atomic mass is 79.9. The number of aliphatic hydroxyl groups excluding tert-OH is 1. The van der Waals surface area contributed by atoms with Crippen molar-refractivity contribution in [3.63, 3.8) is 0 Å². The van der Waals surface area contributed by atoms with Crippen LogP contribution in [0.5, 0.6) is 5.75 Å². The second-order valence-electron chi connectivity index (χ2n) is 4.86. The number of hydrogen-bond acceptors (Lipinski definition) is 2. The number of fused-ring (bicyclic) bond motifs is 1. The van der Waals surface area contributed by atoms with Crippen LogP contribution < -0.4 is 4.74 Å². The van der Waals surface area contributed by atoms with Crippen LogP contribution in [0.1, 0.15) is 23.7 Å². The maximum Gasteiger partial charge on any atom is 0.125 e. The standard InChI is InChI=1S/C16H15BrO2/c17-12-6-7-16-14(9-12)15(18)10-13(19-16)8-11-4-2-1-3-5-11/h1-7,9,13,15,18H,8,10H2/t13?,15-/m1/s1. The first-order valence-corrected chi connectivity index (χ1v) is 7.20. The van der Waals surface area contributed by atoms with E-state index in [4.69, 9.17) is 4.74 Å². The fraction of sp³-hybridized carbons (Fsp3) is 0.250. The van der Waals surface area contributed by atoms with Gasteiger partial charge in [0.05, 0.1) is 6.10 Å². The first kappa shape index (κ1) is 12.7. The van der Waals surface area contributed by atoms with Crippen LogP contribution in [0.3, 0.4) is 0 Å². The summed E-state index contributed by atoms with van der Waals surface area (Å²) in [6.45, 7) is 0. The van der Waals surface area contributed by atoms with Gasteiger partial charge in [0.25, 0.3) is 0 Å². The lowest BCUT2D eigenvalue weighted by molar-refractivity contribution is 0.0662. The second kappa shape index (κ2) is 5.35. The van der Waals surface area contributed by atoms with Gasteiger partial charge in [-0.15, -0.1) is 0 Å². The van der Waals surface area contributed by atoms with E-state index < -0.39 is 6.10 Å². The fourth-order valence-corrected chi connectivity index (χ4v) is 2.87. The monoisotopic (exact) mass is 318 g/mol. The summed E-state index contributed by atoms with van der Waals surface area (Å²) in [6.07, 6.45) is 1.05. The zero-order chi connectivity index (χ0) is 13.2. The summed E-state index contributed by atoms with van der Waals surface area (Å²) in [5.74, 6) is 0.794. The molecular formula is C16H15BrO2. The minimum Gasteiger partial charge on any atom is -0.490 e. The van der Waals surface area contributed by atoms with Crippen molar-refractivity contribution >= 4 is 15.9 Å². The molecule has 2 nitrogen and oxygen atoms in total. The molecule has 3 heteroatoms. The zero-order valence-electron chi connectivity index (χ0n) is 10.4. The average molecular weight is 319 g/mol. The van der Waals surface area contributed by atoms with Crippen molar-refractivity contribution in [3.8, 4) is 5.75 Å². The van der Waals surface area contributed by atoms with Gasteiger partial charge in [0.2, 0.25) is 0 Å². The number of aliphatic hydroxyl groups is 1. The summed E-state index contributed by atoms with van der Waals surface area (Å²) < 4.78 is 6.95. The average Bonchev–Trinajstić information content (AvgIpc) is 2.41. The van der Waals surface area contributed by atoms with E-state index in [2.05, 4.69) is 28.1 Å². The lowest BCUT2D eigenvalue weighted by Gasteiger charge is -2.30. The van der Waals surface area contributed by atoms with Crippen LogP contribution in [0, 0.1) is 0 Å². The van der Waals surface area contributed by atoms with Crippen LogP contribution >= 0.6 is 15.9 Å². The number of halogens is 1. The molecule has 0 aliphatic carbocycles. The Bertz CT molecular complexity index is 568. The molecule has 3 rings (SSSR count). The van der Waals surface area contributed by atoms with Gasteiger partial charge in [0, 0.05) is 22.9 Å². The molecule has 1 N–H and O–H groups in total. The maximum atomic E-state index is 10.2. The predicted octanol–water partition coefficient (Wildman–Crippen LogP) is 3.88.